The molecule has 0 saturated heterocycles. The molecule has 1 aromatic heterocycles. The largest absolute Gasteiger partial charge is 0.462 e. The molecule has 0 amide bonds. The smallest absolute Gasteiger partial charge is 0.341 e. The fourth-order valence-electron chi connectivity index (χ4n) is 2.53. The van der Waals surface area contributed by atoms with E-state index in [2.05, 4.69) is 10.6 Å². The molecular formula is C21H19FN2O2S2. The Morgan fingerprint density at radius 1 is 1.14 bits per heavy atom. The summed E-state index contributed by atoms with van der Waals surface area (Å²) in [6.45, 7) is 3.73. The van der Waals surface area contributed by atoms with Crippen LogP contribution in [0.1, 0.15) is 22.8 Å². The van der Waals surface area contributed by atoms with Crippen molar-refractivity contribution in [3.8, 4) is 10.4 Å². The van der Waals surface area contributed by atoms with Crippen molar-refractivity contribution in [1.82, 2.24) is 0 Å². The molecule has 28 heavy (non-hydrogen) atoms. The van der Waals surface area contributed by atoms with Crippen molar-refractivity contribution in [2.45, 2.75) is 13.8 Å². The molecule has 144 valence electrons. The average Bonchev–Trinajstić information content (AvgIpc) is 3.09. The third kappa shape index (κ3) is 4.74. The number of anilines is 2. The highest BCUT2D eigenvalue weighted by Crippen LogP contribution is 2.36. The van der Waals surface area contributed by atoms with Crippen LogP contribution in [0.3, 0.4) is 0 Å². The summed E-state index contributed by atoms with van der Waals surface area (Å²) < 4.78 is 18.9. The first-order valence-electron chi connectivity index (χ1n) is 8.68. The van der Waals surface area contributed by atoms with Crippen LogP contribution in [0.4, 0.5) is 15.1 Å². The maximum Gasteiger partial charge on any atom is 0.341 e. The lowest BCUT2D eigenvalue weighted by Gasteiger charge is -2.11. The highest BCUT2D eigenvalue weighted by molar-refractivity contribution is 7.80. The van der Waals surface area contributed by atoms with Gasteiger partial charge in [0.25, 0.3) is 0 Å². The van der Waals surface area contributed by atoms with Gasteiger partial charge in [-0.05, 0) is 55.4 Å². The van der Waals surface area contributed by atoms with Crippen LogP contribution in [0.2, 0.25) is 0 Å². The molecule has 0 aliphatic carbocycles. The van der Waals surface area contributed by atoms with E-state index >= 15 is 0 Å². The molecule has 0 bridgehead atoms. The second-order valence-corrected chi connectivity index (χ2v) is 7.44. The van der Waals surface area contributed by atoms with Gasteiger partial charge in [-0.15, -0.1) is 11.3 Å². The number of benzene rings is 2. The summed E-state index contributed by atoms with van der Waals surface area (Å²) in [5.74, 6) is -0.741. The van der Waals surface area contributed by atoms with Gasteiger partial charge in [-0.3, -0.25) is 0 Å². The number of halogens is 1. The predicted molar refractivity (Wildman–Crippen MR) is 117 cm³/mol. The fraction of sp³-hybridized carbons (Fsp3) is 0.143. The molecular weight excluding hydrogens is 395 g/mol. The fourth-order valence-corrected chi connectivity index (χ4v) is 3.87. The van der Waals surface area contributed by atoms with Gasteiger partial charge in [0.2, 0.25) is 0 Å². The molecule has 0 aliphatic heterocycles. The maximum absolute atomic E-state index is 13.7. The molecule has 3 aromatic rings. The third-order valence-electron chi connectivity index (χ3n) is 3.94. The number of aryl methyl sites for hydroxylation is 1. The minimum atomic E-state index is -0.424. The van der Waals surface area contributed by atoms with Crippen LogP contribution in [0.15, 0.2) is 54.6 Å². The van der Waals surface area contributed by atoms with Crippen molar-refractivity contribution in [1.29, 1.82) is 0 Å². The molecule has 3 rings (SSSR count). The topological polar surface area (TPSA) is 50.4 Å². The van der Waals surface area contributed by atoms with Crippen molar-refractivity contribution in [2.75, 3.05) is 17.2 Å². The quantitative estimate of drug-likeness (QED) is 0.405. The Morgan fingerprint density at radius 2 is 1.89 bits per heavy atom. The number of esters is 1. The molecule has 1 heterocycles. The number of nitrogens with one attached hydrogen (secondary N) is 2. The zero-order chi connectivity index (χ0) is 20.1. The summed E-state index contributed by atoms with van der Waals surface area (Å²) in [6, 6.07) is 16.3. The first-order chi connectivity index (χ1) is 13.5. The number of hydrogen-bond acceptors (Lipinski definition) is 4. The number of thiocarbonyl (C=S) groups is 1. The van der Waals surface area contributed by atoms with Gasteiger partial charge in [0.05, 0.1) is 12.2 Å². The number of ether oxygens (including phenoxy) is 1. The molecule has 0 aliphatic rings. The van der Waals surface area contributed by atoms with Crippen molar-refractivity contribution in [3.05, 3.63) is 71.5 Å². The number of thiophene rings is 1. The van der Waals surface area contributed by atoms with Crippen molar-refractivity contribution >= 4 is 45.3 Å². The molecule has 7 heteroatoms. The number of carbonyl (C=O) groups excluding carboxylic acids is 1. The van der Waals surface area contributed by atoms with E-state index in [1.165, 1.54) is 17.4 Å². The molecule has 0 atom stereocenters. The Labute approximate surface area is 172 Å². The molecule has 0 radical (unpaired) electrons. The lowest BCUT2D eigenvalue weighted by atomic mass is 10.1. The first-order valence-corrected chi connectivity index (χ1v) is 9.91. The van der Waals surface area contributed by atoms with Crippen LogP contribution >= 0.6 is 23.6 Å². The minimum absolute atomic E-state index is 0.260. The number of rotatable bonds is 5. The second-order valence-electron chi connectivity index (χ2n) is 5.98. The molecule has 4 nitrogen and oxygen atoms in total. The van der Waals surface area contributed by atoms with Crippen LogP contribution < -0.4 is 10.6 Å². The summed E-state index contributed by atoms with van der Waals surface area (Å²) in [7, 11) is 0. The van der Waals surface area contributed by atoms with E-state index in [1.807, 2.05) is 30.3 Å². The van der Waals surface area contributed by atoms with E-state index in [0.29, 0.717) is 21.8 Å². The molecule has 2 aromatic carbocycles. The Bertz CT molecular complexity index is 1000. The average molecular weight is 415 g/mol. The maximum atomic E-state index is 13.7. The SMILES string of the molecule is CCOC(=O)c1cc(-c2ccccc2)sc1NC(=S)Nc1ccc(C)c(F)c1. The van der Waals surface area contributed by atoms with Gasteiger partial charge in [0.15, 0.2) is 5.11 Å². The van der Waals surface area contributed by atoms with Crippen LogP contribution in [0, 0.1) is 12.7 Å². The Morgan fingerprint density at radius 3 is 2.57 bits per heavy atom. The zero-order valence-corrected chi connectivity index (χ0v) is 17.0. The van der Waals surface area contributed by atoms with E-state index < -0.39 is 5.97 Å². The molecule has 0 spiro atoms. The molecule has 0 unspecified atom stereocenters. The third-order valence-corrected chi connectivity index (χ3v) is 5.25. The highest BCUT2D eigenvalue weighted by Gasteiger charge is 2.19. The van der Waals surface area contributed by atoms with Gasteiger partial charge in [0.1, 0.15) is 10.8 Å². The van der Waals surface area contributed by atoms with E-state index in [-0.39, 0.29) is 17.5 Å². The molecule has 2 N–H and O–H groups in total. The van der Waals surface area contributed by atoms with Crippen LogP contribution in [0.5, 0.6) is 0 Å². The van der Waals surface area contributed by atoms with Crippen LogP contribution in [-0.4, -0.2) is 17.7 Å². The predicted octanol–water partition coefficient (Wildman–Crippen LogP) is 5.85. The number of hydrogen-bond donors (Lipinski definition) is 2. The van der Waals surface area contributed by atoms with Gasteiger partial charge < -0.3 is 15.4 Å². The van der Waals surface area contributed by atoms with E-state index in [4.69, 9.17) is 17.0 Å². The Balaban J connectivity index is 1.84. The van der Waals surface area contributed by atoms with E-state index in [1.54, 1.807) is 32.0 Å². The standard InChI is InChI=1S/C21H19FN2O2S2/c1-3-26-20(25)16-12-18(14-7-5-4-6-8-14)28-19(16)24-21(27)23-15-10-9-13(2)17(22)11-15/h4-12H,3H2,1-2H3,(H2,23,24,27). The van der Waals surface area contributed by atoms with Crippen molar-refractivity contribution < 1.29 is 13.9 Å². The van der Waals surface area contributed by atoms with Crippen LogP contribution in [0.25, 0.3) is 10.4 Å². The highest BCUT2D eigenvalue weighted by atomic mass is 32.1. The summed E-state index contributed by atoms with van der Waals surface area (Å²) in [5, 5.41) is 6.81. The van der Waals surface area contributed by atoms with Crippen molar-refractivity contribution in [3.63, 3.8) is 0 Å². The van der Waals surface area contributed by atoms with Crippen LogP contribution in [-0.2, 0) is 4.74 Å². The zero-order valence-electron chi connectivity index (χ0n) is 15.4. The minimum Gasteiger partial charge on any atom is -0.462 e. The second kappa shape index (κ2) is 8.95. The van der Waals surface area contributed by atoms with Gasteiger partial charge in [0, 0.05) is 10.6 Å². The van der Waals surface area contributed by atoms with Gasteiger partial charge in [-0.2, -0.15) is 0 Å². The van der Waals surface area contributed by atoms with Gasteiger partial charge in [-0.25, -0.2) is 9.18 Å². The summed E-state index contributed by atoms with van der Waals surface area (Å²) >= 11 is 6.74. The normalized spacial score (nSPS) is 10.4. The van der Waals surface area contributed by atoms with E-state index in [9.17, 15) is 9.18 Å². The van der Waals surface area contributed by atoms with E-state index in [0.717, 1.165) is 10.4 Å². The first kappa shape index (κ1) is 20.0. The lowest BCUT2D eigenvalue weighted by molar-refractivity contribution is 0.0528. The molecule has 0 fully saturated rings. The Hall–Kier alpha value is -2.77. The summed E-state index contributed by atoms with van der Waals surface area (Å²) in [5.41, 5.74) is 2.48. The number of carbonyl (C=O) groups is 1. The lowest BCUT2D eigenvalue weighted by Crippen LogP contribution is -2.20. The van der Waals surface area contributed by atoms with Gasteiger partial charge >= 0.3 is 5.97 Å². The monoisotopic (exact) mass is 414 g/mol. The summed E-state index contributed by atoms with van der Waals surface area (Å²) in [4.78, 5) is 13.3. The Kier molecular flexibility index (Phi) is 6.38. The van der Waals surface area contributed by atoms with Crippen molar-refractivity contribution in [2.24, 2.45) is 0 Å². The molecule has 0 saturated carbocycles. The van der Waals surface area contributed by atoms with Gasteiger partial charge in [-0.1, -0.05) is 36.4 Å². The summed E-state index contributed by atoms with van der Waals surface area (Å²) in [6.07, 6.45) is 0.